The first kappa shape index (κ1) is 16.5. The van der Waals surface area contributed by atoms with Gasteiger partial charge in [0.15, 0.2) is 6.10 Å². The van der Waals surface area contributed by atoms with Gasteiger partial charge in [-0.05, 0) is 23.3 Å². The first-order valence-corrected chi connectivity index (χ1v) is 6.92. The number of aliphatic hydroxyl groups is 1. The number of benzene rings is 1. The summed E-state index contributed by atoms with van der Waals surface area (Å²) in [5.74, 6) is 0. The van der Waals surface area contributed by atoms with Gasteiger partial charge in [-0.15, -0.1) is 0 Å². The van der Waals surface area contributed by atoms with E-state index in [1.807, 2.05) is 51.1 Å². The van der Waals surface area contributed by atoms with Crippen LogP contribution >= 0.6 is 0 Å². The quantitative estimate of drug-likeness (QED) is 0.876. The second-order valence-electron chi connectivity index (χ2n) is 6.23. The Hall–Kier alpha value is -1.88. The maximum absolute atomic E-state index is 12.8. The number of alkyl halides is 3. The van der Waals surface area contributed by atoms with Crippen molar-refractivity contribution in [1.82, 2.24) is 4.98 Å². The highest BCUT2D eigenvalue weighted by Crippen LogP contribution is 2.35. The molecular weight excluding hydrogens is 291 g/mol. The third-order valence-corrected chi connectivity index (χ3v) is 3.31. The lowest BCUT2D eigenvalue weighted by Crippen LogP contribution is -2.23. The highest BCUT2D eigenvalue weighted by molar-refractivity contribution is 5.64. The Morgan fingerprint density at radius 2 is 1.55 bits per heavy atom. The molecule has 5 heteroatoms. The average molecular weight is 309 g/mol. The lowest BCUT2D eigenvalue weighted by molar-refractivity contribution is -0.208. The fourth-order valence-corrected chi connectivity index (χ4v) is 2.04. The zero-order valence-corrected chi connectivity index (χ0v) is 12.6. The Kier molecular flexibility index (Phi) is 4.29. The normalized spacial score (nSPS) is 14.0. The lowest BCUT2D eigenvalue weighted by atomic mass is 9.89. The third-order valence-electron chi connectivity index (χ3n) is 3.31. The summed E-state index contributed by atoms with van der Waals surface area (Å²) in [5, 5.41) is 9.53. The molecule has 0 aliphatic carbocycles. The molecule has 0 bridgehead atoms. The second kappa shape index (κ2) is 5.72. The predicted octanol–water partition coefficient (Wildman–Crippen LogP) is 4.64. The molecule has 0 aliphatic heterocycles. The molecule has 2 rings (SSSR count). The first-order chi connectivity index (χ1) is 10.1. The molecule has 0 spiro atoms. The van der Waals surface area contributed by atoms with Crippen LogP contribution in [0, 0.1) is 0 Å². The van der Waals surface area contributed by atoms with Crippen molar-refractivity contribution in [2.75, 3.05) is 0 Å². The molecule has 0 fully saturated rings. The summed E-state index contributed by atoms with van der Waals surface area (Å²) in [4.78, 5) is 4.03. The van der Waals surface area contributed by atoms with Gasteiger partial charge in [0.05, 0.1) is 5.69 Å². The van der Waals surface area contributed by atoms with Crippen molar-refractivity contribution >= 4 is 0 Å². The number of halogens is 3. The SMILES string of the molecule is CC(C)(C)c1cc(-c2ccccc2)cc(C(O)C(F)(F)F)n1. The molecule has 22 heavy (non-hydrogen) atoms. The van der Waals surface area contributed by atoms with Gasteiger partial charge in [-0.2, -0.15) is 13.2 Å². The average Bonchev–Trinajstić information content (AvgIpc) is 2.45. The van der Waals surface area contributed by atoms with Gasteiger partial charge < -0.3 is 5.11 Å². The third kappa shape index (κ3) is 3.65. The summed E-state index contributed by atoms with van der Waals surface area (Å²) >= 11 is 0. The fraction of sp³-hybridized carbons (Fsp3) is 0.353. The number of hydrogen-bond donors (Lipinski definition) is 1. The molecule has 0 amide bonds. The summed E-state index contributed by atoms with van der Waals surface area (Å²) < 4.78 is 38.4. The molecule has 0 radical (unpaired) electrons. The van der Waals surface area contributed by atoms with E-state index in [2.05, 4.69) is 4.98 Å². The predicted molar refractivity (Wildman–Crippen MR) is 79.4 cm³/mol. The van der Waals surface area contributed by atoms with Crippen molar-refractivity contribution in [1.29, 1.82) is 0 Å². The van der Waals surface area contributed by atoms with Gasteiger partial charge in [-0.3, -0.25) is 4.98 Å². The van der Waals surface area contributed by atoms with Gasteiger partial charge in [-0.25, -0.2) is 0 Å². The molecule has 1 N–H and O–H groups in total. The minimum atomic E-state index is -4.74. The number of aromatic nitrogens is 1. The lowest BCUT2D eigenvalue weighted by Gasteiger charge is -2.22. The van der Waals surface area contributed by atoms with E-state index >= 15 is 0 Å². The Balaban J connectivity index is 2.61. The van der Waals surface area contributed by atoms with Crippen molar-refractivity contribution in [3.05, 3.63) is 53.9 Å². The standard InChI is InChI=1S/C17H18F3NO/c1-16(2,3)14-10-12(11-7-5-4-6-8-11)9-13(21-14)15(22)17(18,19)20/h4-10,15,22H,1-3H3. The molecule has 1 unspecified atom stereocenters. The Labute approximate surface area is 127 Å². The largest absolute Gasteiger partial charge is 0.420 e. The van der Waals surface area contributed by atoms with E-state index < -0.39 is 17.7 Å². The highest BCUT2D eigenvalue weighted by atomic mass is 19.4. The molecule has 118 valence electrons. The van der Waals surface area contributed by atoms with Crippen LogP contribution in [0.15, 0.2) is 42.5 Å². The minimum Gasteiger partial charge on any atom is -0.378 e. The molecule has 1 atom stereocenters. The molecule has 1 heterocycles. The minimum absolute atomic E-state index is 0.376. The van der Waals surface area contributed by atoms with Gasteiger partial charge in [0.1, 0.15) is 0 Å². The zero-order chi connectivity index (χ0) is 16.5. The van der Waals surface area contributed by atoms with Crippen molar-refractivity contribution < 1.29 is 18.3 Å². The number of pyridine rings is 1. The number of hydrogen-bond acceptors (Lipinski definition) is 2. The van der Waals surface area contributed by atoms with Crippen LogP contribution in [0.2, 0.25) is 0 Å². The van der Waals surface area contributed by atoms with Crippen LogP contribution in [0.1, 0.15) is 38.3 Å². The van der Waals surface area contributed by atoms with Gasteiger partial charge in [0, 0.05) is 11.1 Å². The van der Waals surface area contributed by atoms with Crippen LogP contribution < -0.4 is 0 Å². The van der Waals surface area contributed by atoms with E-state index in [0.29, 0.717) is 11.3 Å². The number of nitrogens with zero attached hydrogens (tertiary/aromatic N) is 1. The van der Waals surface area contributed by atoms with E-state index in [0.717, 1.165) is 5.56 Å². The topological polar surface area (TPSA) is 33.1 Å². The number of rotatable bonds is 2. The number of aliphatic hydroxyl groups excluding tert-OH is 1. The van der Waals surface area contributed by atoms with Crippen LogP contribution in [-0.2, 0) is 5.41 Å². The fourth-order valence-electron chi connectivity index (χ4n) is 2.04. The zero-order valence-electron chi connectivity index (χ0n) is 12.6. The Morgan fingerprint density at radius 3 is 2.05 bits per heavy atom. The Bertz CT molecular complexity index is 645. The molecular formula is C17H18F3NO. The molecule has 0 saturated carbocycles. The molecule has 2 nitrogen and oxygen atoms in total. The maximum Gasteiger partial charge on any atom is 0.420 e. The Morgan fingerprint density at radius 1 is 0.955 bits per heavy atom. The van der Waals surface area contributed by atoms with Gasteiger partial charge in [-0.1, -0.05) is 51.1 Å². The monoisotopic (exact) mass is 309 g/mol. The molecule has 1 aromatic carbocycles. The summed E-state index contributed by atoms with van der Waals surface area (Å²) in [6, 6.07) is 12.1. The van der Waals surface area contributed by atoms with E-state index in [9.17, 15) is 18.3 Å². The first-order valence-electron chi connectivity index (χ1n) is 6.92. The van der Waals surface area contributed by atoms with E-state index in [1.54, 1.807) is 6.07 Å². The molecule has 2 aromatic rings. The summed E-state index contributed by atoms with van der Waals surface area (Å²) in [5.41, 5.74) is 1.10. The van der Waals surface area contributed by atoms with E-state index in [-0.39, 0.29) is 5.69 Å². The molecule has 1 aromatic heterocycles. The van der Waals surface area contributed by atoms with Gasteiger partial charge in [0.2, 0.25) is 0 Å². The molecule has 0 aliphatic rings. The van der Waals surface area contributed by atoms with E-state index in [1.165, 1.54) is 6.07 Å². The molecule has 0 saturated heterocycles. The second-order valence-corrected chi connectivity index (χ2v) is 6.23. The van der Waals surface area contributed by atoms with Crippen LogP contribution in [0.25, 0.3) is 11.1 Å². The van der Waals surface area contributed by atoms with Gasteiger partial charge >= 0.3 is 6.18 Å². The summed E-state index contributed by atoms with van der Waals surface area (Å²) in [6.07, 6.45) is -7.32. The van der Waals surface area contributed by atoms with Crippen molar-refractivity contribution in [2.24, 2.45) is 0 Å². The summed E-state index contributed by atoms with van der Waals surface area (Å²) in [7, 11) is 0. The van der Waals surface area contributed by atoms with Gasteiger partial charge in [0.25, 0.3) is 0 Å². The van der Waals surface area contributed by atoms with Crippen molar-refractivity contribution in [2.45, 2.75) is 38.5 Å². The van der Waals surface area contributed by atoms with Crippen molar-refractivity contribution in [3.63, 3.8) is 0 Å². The van der Waals surface area contributed by atoms with Crippen LogP contribution in [0.5, 0.6) is 0 Å². The van der Waals surface area contributed by atoms with Crippen LogP contribution in [-0.4, -0.2) is 16.3 Å². The smallest absolute Gasteiger partial charge is 0.378 e. The maximum atomic E-state index is 12.8. The van der Waals surface area contributed by atoms with Crippen LogP contribution in [0.4, 0.5) is 13.2 Å². The van der Waals surface area contributed by atoms with E-state index in [4.69, 9.17) is 0 Å². The summed E-state index contributed by atoms with van der Waals surface area (Å²) in [6.45, 7) is 5.61. The highest BCUT2D eigenvalue weighted by Gasteiger charge is 2.41. The van der Waals surface area contributed by atoms with Crippen molar-refractivity contribution in [3.8, 4) is 11.1 Å². The van der Waals surface area contributed by atoms with Crippen LogP contribution in [0.3, 0.4) is 0 Å².